The molecule has 0 radical (unpaired) electrons. The van der Waals surface area contributed by atoms with Crippen LogP contribution in [0, 0.1) is 5.82 Å². The maximum absolute atomic E-state index is 14.8. The van der Waals surface area contributed by atoms with Gasteiger partial charge in [0, 0.05) is 49.0 Å². The number of anilines is 1. The lowest BCUT2D eigenvalue weighted by Gasteiger charge is -2.39. The molecule has 1 aromatic carbocycles. The quantitative estimate of drug-likeness (QED) is 0.401. The summed E-state index contributed by atoms with van der Waals surface area (Å²) in [5, 5.41) is 25.1. The molecular formula is C29H34F3N5O3. The third-order valence-corrected chi connectivity index (χ3v) is 8.10. The highest BCUT2D eigenvalue weighted by Gasteiger charge is 2.37. The lowest BCUT2D eigenvalue weighted by Crippen LogP contribution is -2.49. The topological polar surface area (TPSA) is 102 Å². The summed E-state index contributed by atoms with van der Waals surface area (Å²) in [6, 6.07) is 6.80. The Hall–Kier alpha value is -3.28. The zero-order chi connectivity index (χ0) is 28.4. The van der Waals surface area contributed by atoms with E-state index in [9.17, 15) is 28.2 Å². The van der Waals surface area contributed by atoms with Gasteiger partial charge in [-0.3, -0.25) is 19.7 Å². The van der Waals surface area contributed by atoms with Gasteiger partial charge in [0.2, 0.25) is 5.91 Å². The standard InChI is InChI=1S/C29H34F3N5O3/c1-18(20-3-2-4-21(27(20)30)28(31)32)35-23-5-10-33-24-16-34-25(15-22(23)24)29(40)8-13-37(14-9-29)26(39)17-36-11-6-19(38)7-12-36/h2-5,10,15-16,18-19,28,38,40H,6-9,11-14,17H2,1H3,(H,33,35)/t18-/m1/s1. The van der Waals surface area contributed by atoms with Crippen molar-refractivity contribution in [3.63, 3.8) is 0 Å². The summed E-state index contributed by atoms with van der Waals surface area (Å²) in [5.74, 6) is -0.926. The van der Waals surface area contributed by atoms with Crippen LogP contribution in [0.2, 0.25) is 0 Å². The average Bonchev–Trinajstić information content (AvgIpc) is 2.94. The van der Waals surface area contributed by atoms with Crippen LogP contribution in [0.4, 0.5) is 18.9 Å². The predicted molar refractivity (Wildman–Crippen MR) is 144 cm³/mol. The molecule has 5 rings (SSSR count). The van der Waals surface area contributed by atoms with Crippen LogP contribution in [0.1, 0.15) is 61.9 Å². The largest absolute Gasteiger partial charge is 0.393 e. The van der Waals surface area contributed by atoms with Crippen LogP contribution in [0.15, 0.2) is 42.7 Å². The Bertz CT molecular complexity index is 1360. The van der Waals surface area contributed by atoms with Crippen molar-refractivity contribution < 1.29 is 28.2 Å². The molecule has 1 amide bonds. The normalized spacial score (nSPS) is 19.2. The Balaban J connectivity index is 1.30. The maximum Gasteiger partial charge on any atom is 0.266 e. The number of halogens is 3. The minimum Gasteiger partial charge on any atom is -0.393 e. The van der Waals surface area contributed by atoms with Gasteiger partial charge >= 0.3 is 0 Å². The highest BCUT2D eigenvalue weighted by Crippen LogP contribution is 2.35. The molecule has 0 bridgehead atoms. The summed E-state index contributed by atoms with van der Waals surface area (Å²) < 4.78 is 41.2. The molecule has 214 valence electrons. The molecule has 4 heterocycles. The summed E-state index contributed by atoms with van der Waals surface area (Å²) in [4.78, 5) is 25.5. The Morgan fingerprint density at radius 3 is 2.52 bits per heavy atom. The van der Waals surface area contributed by atoms with Crippen molar-refractivity contribution in [1.29, 1.82) is 0 Å². The molecule has 40 heavy (non-hydrogen) atoms. The van der Waals surface area contributed by atoms with Gasteiger partial charge in [0.1, 0.15) is 11.4 Å². The molecule has 1 atom stereocenters. The van der Waals surface area contributed by atoms with E-state index in [-0.39, 0.29) is 17.6 Å². The number of alkyl halides is 2. The number of hydrogen-bond donors (Lipinski definition) is 3. The maximum atomic E-state index is 14.8. The molecule has 0 saturated carbocycles. The SMILES string of the molecule is C[C@@H](Nc1ccnc2cnc(C3(O)CCN(C(=O)CN4CCC(O)CC4)CC3)cc12)c1cccc(C(F)F)c1F. The number of carbonyl (C=O) groups is 1. The molecule has 3 aromatic rings. The molecule has 2 aromatic heterocycles. The smallest absolute Gasteiger partial charge is 0.266 e. The van der Waals surface area contributed by atoms with Gasteiger partial charge in [-0.1, -0.05) is 18.2 Å². The summed E-state index contributed by atoms with van der Waals surface area (Å²) in [6.45, 7) is 4.16. The van der Waals surface area contributed by atoms with Crippen LogP contribution in [-0.2, 0) is 10.4 Å². The number of piperidine rings is 2. The monoisotopic (exact) mass is 557 g/mol. The number of amides is 1. The number of hydrogen-bond acceptors (Lipinski definition) is 7. The summed E-state index contributed by atoms with van der Waals surface area (Å²) in [7, 11) is 0. The first-order chi connectivity index (χ1) is 19.1. The molecule has 3 N–H and O–H groups in total. The molecule has 2 aliphatic rings. The molecule has 11 heteroatoms. The summed E-state index contributed by atoms with van der Waals surface area (Å²) >= 11 is 0. The molecule has 0 aliphatic carbocycles. The first-order valence-corrected chi connectivity index (χ1v) is 13.6. The van der Waals surface area contributed by atoms with Crippen LogP contribution in [-0.4, -0.2) is 74.7 Å². The van der Waals surface area contributed by atoms with Crippen LogP contribution in [0.3, 0.4) is 0 Å². The second-order valence-electron chi connectivity index (χ2n) is 10.8. The van der Waals surface area contributed by atoms with Gasteiger partial charge in [-0.25, -0.2) is 13.2 Å². The molecular weight excluding hydrogens is 523 g/mol. The third-order valence-electron chi connectivity index (χ3n) is 8.10. The fourth-order valence-corrected chi connectivity index (χ4v) is 5.56. The number of nitrogens with zero attached hydrogens (tertiary/aromatic N) is 4. The van der Waals surface area contributed by atoms with E-state index < -0.39 is 29.4 Å². The molecule has 0 unspecified atom stereocenters. The van der Waals surface area contributed by atoms with Crippen LogP contribution >= 0.6 is 0 Å². The van der Waals surface area contributed by atoms with Crippen molar-refractivity contribution in [3.05, 3.63) is 65.4 Å². The minimum atomic E-state index is -2.91. The second-order valence-corrected chi connectivity index (χ2v) is 10.8. The predicted octanol–water partition coefficient (Wildman–Crippen LogP) is 4.15. The van der Waals surface area contributed by atoms with Gasteiger partial charge < -0.3 is 20.4 Å². The van der Waals surface area contributed by atoms with Gasteiger partial charge in [0.15, 0.2) is 0 Å². The Morgan fingerprint density at radius 2 is 1.82 bits per heavy atom. The third kappa shape index (κ3) is 5.91. The van der Waals surface area contributed by atoms with E-state index in [1.807, 2.05) is 0 Å². The zero-order valence-electron chi connectivity index (χ0n) is 22.4. The van der Waals surface area contributed by atoms with Crippen LogP contribution in [0.5, 0.6) is 0 Å². The molecule has 8 nitrogen and oxygen atoms in total. The average molecular weight is 558 g/mol. The van der Waals surface area contributed by atoms with Gasteiger partial charge in [-0.15, -0.1) is 0 Å². The van der Waals surface area contributed by atoms with Crippen molar-refractivity contribution in [2.45, 2.75) is 56.8 Å². The fraction of sp³-hybridized carbons (Fsp3) is 0.483. The minimum absolute atomic E-state index is 0.0118. The summed E-state index contributed by atoms with van der Waals surface area (Å²) in [6.07, 6.45) is 1.92. The highest BCUT2D eigenvalue weighted by molar-refractivity contribution is 5.91. The number of likely N-dealkylation sites (tertiary alicyclic amines) is 2. The van der Waals surface area contributed by atoms with E-state index in [1.165, 1.54) is 12.1 Å². The van der Waals surface area contributed by atoms with Crippen molar-refractivity contribution >= 4 is 22.5 Å². The van der Waals surface area contributed by atoms with Gasteiger partial charge in [-0.05, 0) is 44.7 Å². The molecule has 0 spiro atoms. The molecule has 2 saturated heterocycles. The number of aliphatic hydroxyl groups excluding tert-OH is 1. The molecule has 2 aliphatic heterocycles. The van der Waals surface area contributed by atoms with Crippen molar-refractivity contribution in [3.8, 4) is 0 Å². The summed E-state index contributed by atoms with van der Waals surface area (Å²) in [5.41, 5.74) is -0.146. The fourth-order valence-electron chi connectivity index (χ4n) is 5.56. The first-order valence-electron chi connectivity index (χ1n) is 13.6. The first kappa shape index (κ1) is 28.3. The Labute approximate surface area is 230 Å². The number of benzene rings is 1. The van der Waals surface area contributed by atoms with Gasteiger partial charge in [0.05, 0.1) is 41.7 Å². The van der Waals surface area contributed by atoms with E-state index >= 15 is 0 Å². The van der Waals surface area contributed by atoms with Crippen molar-refractivity contribution in [2.75, 3.05) is 38.0 Å². The number of aliphatic hydroxyl groups is 2. The van der Waals surface area contributed by atoms with Crippen LogP contribution in [0.25, 0.3) is 10.9 Å². The number of nitrogens with one attached hydrogen (secondary N) is 1. The number of rotatable bonds is 7. The Kier molecular flexibility index (Phi) is 8.25. The van der Waals surface area contributed by atoms with E-state index in [4.69, 9.17) is 0 Å². The van der Waals surface area contributed by atoms with E-state index in [0.29, 0.717) is 80.7 Å². The van der Waals surface area contributed by atoms with E-state index in [0.717, 1.165) is 6.07 Å². The van der Waals surface area contributed by atoms with Crippen molar-refractivity contribution in [1.82, 2.24) is 19.8 Å². The number of aromatic nitrogens is 2. The molecule has 2 fully saturated rings. The number of fused-ring (bicyclic) bond motifs is 1. The van der Waals surface area contributed by atoms with Gasteiger partial charge in [0.25, 0.3) is 6.43 Å². The number of pyridine rings is 2. The van der Waals surface area contributed by atoms with Gasteiger partial charge in [-0.2, -0.15) is 0 Å². The van der Waals surface area contributed by atoms with Crippen molar-refractivity contribution in [2.24, 2.45) is 0 Å². The Morgan fingerprint density at radius 1 is 1.12 bits per heavy atom. The van der Waals surface area contributed by atoms with Crippen LogP contribution < -0.4 is 5.32 Å². The van der Waals surface area contributed by atoms with E-state index in [1.54, 1.807) is 36.4 Å². The second kappa shape index (κ2) is 11.7. The lowest BCUT2D eigenvalue weighted by atomic mass is 9.87. The van der Waals surface area contributed by atoms with E-state index in [2.05, 4.69) is 20.2 Å². The lowest BCUT2D eigenvalue weighted by molar-refractivity contribution is -0.137. The number of carbonyl (C=O) groups excluding carboxylic acids is 1. The highest BCUT2D eigenvalue weighted by atomic mass is 19.3. The zero-order valence-corrected chi connectivity index (χ0v) is 22.4.